The molecule has 0 bridgehead atoms. The highest BCUT2D eigenvalue weighted by molar-refractivity contribution is 5.87. The molecule has 0 amide bonds. The summed E-state index contributed by atoms with van der Waals surface area (Å²) < 4.78 is 0. The number of carbonyl (C=O) groups is 1. The summed E-state index contributed by atoms with van der Waals surface area (Å²) in [4.78, 5) is 15.6. The molecule has 1 aromatic rings. The average molecular weight is 306 g/mol. The zero-order valence-corrected chi connectivity index (χ0v) is 13.5. The Kier molecular flexibility index (Phi) is 5.56. The van der Waals surface area contributed by atoms with Gasteiger partial charge in [0.05, 0.1) is 11.2 Å². The first-order chi connectivity index (χ1) is 10.3. The number of carboxylic acids is 1. The highest BCUT2D eigenvalue weighted by atomic mass is 16.4. The van der Waals surface area contributed by atoms with E-state index in [0.29, 0.717) is 12.1 Å². The largest absolute Gasteiger partial charge is 0.478 e. The summed E-state index contributed by atoms with van der Waals surface area (Å²) in [5.74, 6) is -0.886. The molecule has 22 heavy (non-hydrogen) atoms. The second-order valence-corrected chi connectivity index (χ2v) is 6.72. The molecule has 1 heterocycles. The number of carboxylic acid groups (broad SMARTS) is 1. The molecule has 2 N–H and O–H groups in total. The van der Waals surface area contributed by atoms with E-state index in [9.17, 15) is 9.90 Å². The van der Waals surface area contributed by atoms with Crippen molar-refractivity contribution in [2.45, 2.75) is 32.4 Å². The molecule has 2 rings (SSSR count). The van der Waals surface area contributed by atoms with Crippen LogP contribution in [0.15, 0.2) is 24.3 Å². The first-order valence-electron chi connectivity index (χ1n) is 7.83. The van der Waals surface area contributed by atoms with Crippen LogP contribution in [-0.2, 0) is 6.54 Å². The van der Waals surface area contributed by atoms with E-state index in [-0.39, 0.29) is 0 Å². The van der Waals surface area contributed by atoms with Crippen LogP contribution in [0.4, 0.5) is 0 Å². The van der Waals surface area contributed by atoms with Crippen molar-refractivity contribution >= 4 is 5.97 Å². The molecule has 0 aromatic heterocycles. The van der Waals surface area contributed by atoms with Gasteiger partial charge in [-0.1, -0.05) is 12.1 Å². The maximum absolute atomic E-state index is 10.9. The van der Waals surface area contributed by atoms with Crippen LogP contribution in [0.1, 0.15) is 36.2 Å². The second kappa shape index (κ2) is 7.22. The van der Waals surface area contributed by atoms with Crippen molar-refractivity contribution in [1.29, 1.82) is 0 Å². The number of benzene rings is 1. The summed E-state index contributed by atoms with van der Waals surface area (Å²) in [5.41, 5.74) is 0.818. The van der Waals surface area contributed by atoms with Crippen LogP contribution in [0, 0.1) is 0 Å². The average Bonchev–Trinajstić information content (AvgIpc) is 2.63. The monoisotopic (exact) mass is 306 g/mol. The standard InChI is InChI=1S/C17H26N2O3/c1-17(2,22)13-19-9-3-8-18(10-11-19)12-14-4-6-15(7-5-14)16(20)21/h4-7,22H,3,8-13H2,1-2H3,(H,20,21). The maximum atomic E-state index is 10.9. The lowest BCUT2D eigenvalue weighted by Crippen LogP contribution is -2.40. The molecule has 1 saturated heterocycles. The predicted molar refractivity (Wildman–Crippen MR) is 86.0 cm³/mol. The molecule has 1 aromatic carbocycles. The summed E-state index contributed by atoms with van der Waals surface area (Å²) >= 11 is 0. The third-order valence-electron chi connectivity index (χ3n) is 3.90. The number of nitrogens with zero attached hydrogens (tertiary/aromatic N) is 2. The van der Waals surface area contributed by atoms with Crippen molar-refractivity contribution in [1.82, 2.24) is 9.80 Å². The minimum atomic E-state index is -0.886. The summed E-state index contributed by atoms with van der Waals surface area (Å²) in [6.45, 7) is 9.21. The van der Waals surface area contributed by atoms with Gasteiger partial charge in [-0.05, 0) is 51.1 Å². The maximum Gasteiger partial charge on any atom is 0.335 e. The van der Waals surface area contributed by atoms with Gasteiger partial charge in [-0.15, -0.1) is 0 Å². The van der Waals surface area contributed by atoms with Gasteiger partial charge in [-0.3, -0.25) is 9.80 Å². The lowest BCUT2D eigenvalue weighted by Gasteiger charge is -2.27. The number of rotatable bonds is 5. The fourth-order valence-corrected chi connectivity index (χ4v) is 2.90. The van der Waals surface area contributed by atoms with E-state index in [0.717, 1.165) is 44.7 Å². The summed E-state index contributed by atoms with van der Waals surface area (Å²) in [6.07, 6.45) is 1.09. The van der Waals surface area contributed by atoms with Gasteiger partial charge in [0, 0.05) is 26.2 Å². The predicted octanol–water partition coefficient (Wildman–Crippen LogP) is 1.66. The Balaban J connectivity index is 1.87. The number of β-amino-alcohol motifs (C(OH)–C–C–N with tert-alkyl or cyclic N) is 1. The van der Waals surface area contributed by atoms with Gasteiger partial charge in [0.25, 0.3) is 0 Å². The van der Waals surface area contributed by atoms with E-state index in [1.54, 1.807) is 12.1 Å². The van der Waals surface area contributed by atoms with E-state index in [4.69, 9.17) is 5.11 Å². The minimum Gasteiger partial charge on any atom is -0.478 e. The van der Waals surface area contributed by atoms with Crippen LogP contribution in [0.5, 0.6) is 0 Å². The fraction of sp³-hybridized carbons (Fsp3) is 0.588. The van der Waals surface area contributed by atoms with Crippen molar-refractivity contribution in [2.24, 2.45) is 0 Å². The summed E-state index contributed by atoms with van der Waals surface area (Å²) in [7, 11) is 0. The van der Waals surface area contributed by atoms with Crippen LogP contribution in [-0.4, -0.2) is 64.3 Å². The van der Waals surface area contributed by atoms with Crippen LogP contribution >= 0.6 is 0 Å². The Morgan fingerprint density at radius 3 is 2.27 bits per heavy atom. The normalized spacial score (nSPS) is 18.1. The van der Waals surface area contributed by atoms with Gasteiger partial charge in [0.15, 0.2) is 0 Å². The van der Waals surface area contributed by atoms with Gasteiger partial charge in [-0.25, -0.2) is 4.79 Å². The SMILES string of the molecule is CC(C)(O)CN1CCCN(Cc2ccc(C(=O)O)cc2)CC1. The molecule has 1 aliphatic heterocycles. The van der Waals surface area contributed by atoms with Crippen molar-refractivity contribution in [3.05, 3.63) is 35.4 Å². The Hall–Kier alpha value is -1.43. The van der Waals surface area contributed by atoms with Crippen molar-refractivity contribution < 1.29 is 15.0 Å². The zero-order valence-electron chi connectivity index (χ0n) is 13.5. The van der Waals surface area contributed by atoms with E-state index in [1.807, 2.05) is 26.0 Å². The number of aromatic carboxylic acids is 1. The third kappa shape index (κ3) is 5.40. The summed E-state index contributed by atoms with van der Waals surface area (Å²) in [6, 6.07) is 7.11. The highest BCUT2D eigenvalue weighted by Gasteiger charge is 2.21. The van der Waals surface area contributed by atoms with Crippen molar-refractivity contribution in [2.75, 3.05) is 32.7 Å². The molecule has 0 radical (unpaired) electrons. The van der Waals surface area contributed by atoms with E-state index in [2.05, 4.69) is 9.80 Å². The molecule has 0 spiro atoms. The van der Waals surface area contributed by atoms with Crippen molar-refractivity contribution in [3.8, 4) is 0 Å². The molecule has 0 aliphatic carbocycles. The molecule has 1 fully saturated rings. The molecular formula is C17H26N2O3. The van der Waals surface area contributed by atoms with Crippen LogP contribution in [0.3, 0.4) is 0 Å². The quantitative estimate of drug-likeness (QED) is 0.866. The smallest absolute Gasteiger partial charge is 0.335 e. The molecule has 122 valence electrons. The Morgan fingerprint density at radius 1 is 1.09 bits per heavy atom. The lowest BCUT2D eigenvalue weighted by atomic mass is 10.1. The Morgan fingerprint density at radius 2 is 1.68 bits per heavy atom. The molecule has 1 aliphatic rings. The van der Waals surface area contributed by atoms with Gasteiger partial charge in [-0.2, -0.15) is 0 Å². The van der Waals surface area contributed by atoms with E-state index in [1.165, 1.54) is 0 Å². The third-order valence-corrected chi connectivity index (χ3v) is 3.90. The lowest BCUT2D eigenvalue weighted by molar-refractivity contribution is 0.0374. The molecule has 5 nitrogen and oxygen atoms in total. The van der Waals surface area contributed by atoms with Gasteiger partial charge < -0.3 is 10.2 Å². The van der Waals surface area contributed by atoms with Crippen LogP contribution < -0.4 is 0 Å². The summed E-state index contributed by atoms with van der Waals surface area (Å²) in [5, 5.41) is 18.9. The molecule has 0 saturated carbocycles. The topological polar surface area (TPSA) is 64.0 Å². The van der Waals surface area contributed by atoms with Gasteiger partial charge in [0.1, 0.15) is 0 Å². The molecule has 0 atom stereocenters. The van der Waals surface area contributed by atoms with Crippen molar-refractivity contribution in [3.63, 3.8) is 0 Å². The van der Waals surface area contributed by atoms with Gasteiger partial charge in [0.2, 0.25) is 0 Å². The number of hydrogen-bond donors (Lipinski definition) is 2. The second-order valence-electron chi connectivity index (χ2n) is 6.72. The van der Waals surface area contributed by atoms with Crippen LogP contribution in [0.25, 0.3) is 0 Å². The first-order valence-corrected chi connectivity index (χ1v) is 7.83. The number of hydrogen-bond acceptors (Lipinski definition) is 4. The number of aliphatic hydroxyl groups is 1. The fourth-order valence-electron chi connectivity index (χ4n) is 2.90. The molecule has 0 unspecified atom stereocenters. The first kappa shape index (κ1) is 16.9. The van der Waals surface area contributed by atoms with Crippen LogP contribution in [0.2, 0.25) is 0 Å². The molecular weight excluding hydrogens is 280 g/mol. The van der Waals surface area contributed by atoms with E-state index < -0.39 is 11.6 Å². The zero-order chi connectivity index (χ0) is 16.2. The molecule has 5 heteroatoms. The minimum absolute atomic E-state index is 0.330. The highest BCUT2D eigenvalue weighted by Crippen LogP contribution is 2.12. The Bertz CT molecular complexity index is 494. The Labute approximate surface area is 132 Å². The van der Waals surface area contributed by atoms with E-state index >= 15 is 0 Å². The van der Waals surface area contributed by atoms with Gasteiger partial charge >= 0.3 is 5.97 Å².